The number of anilines is 2. The van der Waals surface area contributed by atoms with Crippen LogP contribution in [0.5, 0.6) is 0 Å². The maximum absolute atomic E-state index is 4.54. The number of aryl methyl sites for hydroxylation is 2. The molecule has 88 valence electrons. The van der Waals surface area contributed by atoms with E-state index >= 15 is 0 Å². The highest BCUT2D eigenvalue weighted by molar-refractivity contribution is 5.64. The lowest BCUT2D eigenvalue weighted by molar-refractivity contribution is 1.06. The Labute approximate surface area is 102 Å². The molecule has 0 aliphatic carbocycles. The normalized spacial score (nSPS) is 10.4. The quantitative estimate of drug-likeness (QED) is 0.853. The van der Waals surface area contributed by atoms with Gasteiger partial charge in [-0.05, 0) is 51.0 Å². The smallest absolute Gasteiger partial charge is 0.130 e. The molecule has 2 rings (SSSR count). The minimum Gasteiger partial charge on any atom is -0.339 e. The van der Waals surface area contributed by atoms with E-state index in [4.69, 9.17) is 0 Å². The van der Waals surface area contributed by atoms with Crippen molar-refractivity contribution in [3.05, 3.63) is 46.9 Å². The molecule has 3 nitrogen and oxygen atoms in total. The molecular weight excluding hydrogens is 210 g/mol. The average Bonchev–Trinajstić information content (AvgIpc) is 2.33. The SMILES string of the molecule is Cc1nc(C)c(Nc2ccccn2)c(C)c1C. The molecule has 2 aromatic rings. The molecule has 3 heteroatoms. The molecule has 0 unspecified atom stereocenters. The molecule has 0 atom stereocenters. The summed E-state index contributed by atoms with van der Waals surface area (Å²) in [6.45, 7) is 8.27. The van der Waals surface area contributed by atoms with Crippen molar-refractivity contribution in [3.8, 4) is 0 Å². The predicted octanol–water partition coefficient (Wildman–Crippen LogP) is 3.45. The monoisotopic (exact) mass is 227 g/mol. The van der Waals surface area contributed by atoms with Gasteiger partial charge in [-0.3, -0.25) is 4.98 Å². The Balaban J connectivity index is 2.43. The fourth-order valence-electron chi connectivity index (χ4n) is 1.87. The molecule has 0 aliphatic heterocycles. The Kier molecular flexibility index (Phi) is 3.09. The number of nitrogens with one attached hydrogen (secondary N) is 1. The highest BCUT2D eigenvalue weighted by Crippen LogP contribution is 2.26. The van der Waals surface area contributed by atoms with Crippen LogP contribution in [0.3, 0.4) is 0 Å². The first-order valence-corrected chi connectivity index (χ1v) is 5.72. The van der Waals surface area contributed by atoms with Gasteiger partial charge in [0.25, 0.3) is 0 Å². The molecule has 0 saturated carbocycles. The predicted molar refractivity (Wildman–Crippen MR) is 70.7 cm³/mol. The van der Waals surface area contributed by atoms with Crippen LogP contribution >= 0.6 is 0 Å². The number of hydrogen-bond donors (Lipinski definition) is 1. The van der Waals surface area contributed by atoms with E-state index in [0.717, 1.165) is 22.9 Å². The minimum absolute atomic E-state index is 0.851. The number of pyridine rings is 2. The van der Waals surface area contributed by atoms with E-state index < -0.39 is 0 Å². The second-order valence-electron chi connectivity index (χ2n) is 4.25. The second-order valence-corrected chi connectivity index (χ2v) is 4.25. The lowest BCUT2D eigenvalue weighted by atomic mass is 10.1. The third kappa shape index (κ3) is 2.28. The summed E-state index contributed by atoms with van der Waals surface area (Å²) in [5.74, 6) is 0.851. The zero-order valence-corrected chi connectivity index (χ0v) is 10.7. The Morgan fingerprint density at radius 2 is 1.71 bits per heavy atom. The summed E-state index contributed by atoms with van der Waals surface area (Å²) >= 11 is 0. The lowest BCUT2D eigenvalue weighted by Crippen LogP contribution is -2.03. The van der Waals surface area contributed by atoms with Crippen molar-refractivity contribution in [1.82, 2.24) is 9.97 Å². The summed E-state index contributed by atoms with van der Waals surface area (Å²) in [7, 11) is 0. The third-order valence-corrected chi connectivity index (χ3v) is 3.10. The van der Waals surface area contributed by atoms with Gasteiger partial charge in [0.05, 0.1) is 11.4 Å². The average molecular weight is 227 g/mol. The summed E-state index contributed by atoms with van der Waals surface area (Å²) < 4.78 is 0. The molecule has 0 saturated heterocycles. The molecule has 0 spiro atoms. The van der Waals surface area contributed by atoms with E-state index in [2.05, 4.69) is 29.1 Å². The molecule has 0 amide bonds. The number of hydrogen-bond acceptors (Lipinski definition) is 3. The standard InChI is InChI=1S/C14H17N3/c1-9-10(2)14(12(4)16-11(9)3)17-13-7-5-6-8-15-13/h5-8H,1-4H3,(H,15,17). The van der Waals surface area contributed by atoms with Gasteiger partial charge in [-0.1, -0.05) is 6.07 Å². The van der Waals surface area contributed by atoms with Gasteiger partial charge in [0, 0.05) is 11.9 Å². The zero-order chi connectivity index (χ0) is 12.4. The van der Waals surface area contributed by atoms with Crippen molar-refractivity contribution < 1.29 is 0 Å². The molecule has 2 heterocycles. The van der Waals surface area contributed by atoms with E-state index in [-0.39, 0.29) is 0 Å². The van der Waals surface area contributed by atoms with Gasteiger partial charge in [0.1, 0.15) is 5.82 Å². The van der Waals surface area contributed by atoms with Crippen LogP contribution in [0, 0.1) is 27.7 Å². The van der Waals surface area contributed by atoms with Gasteiger partial charge < -0.3 is 5.32 Å². The van der Waals surface area contributed by atoms with Crippen LogP contribution in [-0.4, -0.2) is 9.97 Å². The molecule has 0 fully saturated rings. The van der Waals surface area contributed by atoms with Gasteiger partial charge in [0.2, 0.25) is 0 Å². The maximum atomic E-state index is 4.54. The van der Waals surface area contributed by atoms with Crippen LogP contribution in [0.25, 0.3) is 0 Å². The summed E-state index contributed by atoms with van der Waals surface area (Å²) in [5.41, 5.74) is 5.63. The molecule has 0 aromatic carbocycles. The molecule has 2 aromatic heterocycles. The van der Waals surface area contributed by atoms with E-state index in [1.54, 1.807) is 6.20 Å². The first-order valence-electron chi connectivity index (χ1n) is 5.72. The number of aromatic nitrogens is 2. The molecular formula is C14H17N3. The zero-order valence-electron chi connectivity index (χ0n) is 10.7. The summed E-state index contributed by atoms with van der Waals surface area (Å²) in [6.07, 6.45) is 1.78. The topological polar surface area (TPSA) is 37.8 Å². The molecule has 0 bridgehead atoms. The van der Waals surface area contributed by atoms with Crippen molar-refractivity contribution >= 4 is 11.5 Å². The van der Waals surface area contributed by atoms with Gasteiger partial charge in [-0.2, -0.15) is 0 Å². The van der Waals surface area contributed by atoms with Crippen LogP contribution in [0.1, 0.15) is 22.5 Å². The summed E-state index contributed by atoms with van der Waals surface area (Å²) in [5, 5.41) is 3.33. The van der Waals surface area contributed by atoms with Crippen LogP contribution in [0.2, 0.25) is 0 Å². The molecule has 1 N–H and O–H groups in total. The summed E-state index contributed by atoms with van der Waals surface area (Å²) in [6, 6.07) is 5.83. The lowest BCUT2D eigenvalue weighted by Gasteiger charge is -2.15. The Morgan fingerprint density at radius 3 is 2.35 bits per heavy atom. The van der Waals surface area contributed by atoms with Crippen LogP contribution in [0.4, 0.5) is 11.5 Å². The van der Waals surface area contributed by atoms with Gasteiger partial charge in [-0.15, -0.1) is 0 Å². The maximum Gasteiger partial charge on any atom is 0.130 e. The van der Waals surface area contributed by atoms with Crippen molar-refractivity contribution in [1.29, 1.82) is 0 Å². The fraction of sp³-hybridized carbons (Fsp3) is 0.286. The summed E-state index contributed by atoms with van der Waals surface area (Å²) in [4.78, 5) is 8.81. The van der Waals surface area contributed by atoms with E-state index in [1.807, 2.05) is 32.0 Å². The van der Waals surface area contributed by atoms with E-state index in [9.17, 15) is 0 Å². The number of rotatable bonds is 2. The molecule has 0 radical (unpaired) electrons. The minimum atomic E-state index is 0.851. The Hall–Kier alpha value is -1.90. The van der Waals surface area contributed by atoms with Crippen molar-refractivity contribution in [2.45, 2.75) is 27.7 Å². The van der Waals surface area contributed by atoms with E-state index in [0.29, 0.717) is 0 Å². The molecule has 0 aliphatic rings. The van der Waals surface area contributed by atoms with Gasteiger partial charge >= 0.3 is 0 Å². The Morgan fingerprint density at radius 1 is 0.941 bits per heavy atom. The highest BCUT2D eigenvalue weighted by atomic mass is 15.0. The second kappa shape index (κ2) is 4.53. The Bertz CT molecular complexity index is 533. The fourth-order valence-corrected chi connectivity index (χ4v) is 1.87. The first kappa shape index (κ1) is 11.6. The highest BCUT2D eigenvalue weighted by Gasteiger charge is 2.09. The third-order valence-electron chi connectivity index (χ3n) is 3.10. The van der Waals surface area contributed by atoms with Gasteiger partial charge in [-0.25, -0.2) is 4.98 Å². The van der Waals surface area contributed by atoms with Crippen molar-refractivity contribution in [3.63, 3.8) is 0 Å². The largest absolute Gasteiger partial charge is 0.339 e. The molecule has 17 heavy (non-hydrogen) atoms. The van der Waals surface area contributed by atoms with Crippen LogP contribution in [0.15, 0.2) is 24.4 Å². The van der Waals surface area contributed by atoms with E-state index in [1.165, 1.54) is 11.1 Å². The van der Waals surface area contributed by atoms with Crippen molar-refractivity contribution in [2.75, 3.05) is 5.32 Å². The first-order chi connectivity index (χ1) is 8.09. The number of nitrogens with zero attached hydrogens (tertiary/aromatic N) is 2. The van der Waals surface area contributed by atoms with Crippen LogP contribution in [-0.2, 0) is 0 Å². The van der Waals surface area contributed by atoms with Gasteiger partial charge in [0.15, 0.2) is 0 Å². The van der Waals surface area contributed by atoms with Crippen molar-refractivity contribution in [2.24, 2.45) is 0 Å². The van der Waals surface area contributed by atoms with Crippen LogP contribution < -0.4 is 5.32 Å².